The Labute approximate surface area is 771 Å². The molecule has 133 heavy (non-hydrogen) atoms. The average molecular weight is 1840 g/mol. The van der Waals surface area contributed by atoms with Gasteiger partial charge in [-0.2, -0.15) is 15.3 Å². The molecule has 0 aliphatic carbocycles. The molecule has 39 heteroatoms. The van der Waals surface area contributed by atoms with E-state index in [0.29, 0.717) is 162 Å². The summed E-state index contributed by atoms with van der Waals surface area (Å²) in [6.07, 6.45) is 12.3. The van der Waals surface area contributed by atoms with Gasteiger partial charge in [0.05, 0.1) is 132 Å². The van der Waals surface area contributed by atoms with Crippen LogP contribution >= 0.6 is 11.6 Å². The Bertz CT molecular complexity index is 6650. The molecule has 17 heterocycles. The van der Waals surface area contributed by atoms with Gasteiger partial charge in [0, 0.05) is 155 Å². The number of imidazole rings is 2. The Morgan fingerprint density at radius 1 is 0.459 bits per heavy atom. The number of rotatable bonds is 24. The molecule has 2 atom stereocenters. The maximum absolute atomic E-state index is 15.3. The van der Waals surface area contributed by atoms with Crippen LogP contribution in [-0.4, -0.2) is 212 Å². The summed E-state index contributed by atoms with van der Waals surface area (Å²) < 4.78 is 98.3. The summed E-state index contributed by atoms with van der Waals surface area (Å²) in [5.74, 6) is 7.11. The maximum atomic E-state index is 15.3. The molecular formula is C94H107ClF3N27O8. The zero-order chi connectivity index (χ0) is 93.2. The third-order valence-electron chi connectivity index (χ3n) is 24.1. The van der Waals surface area contributed by atoms with E-state index in [4.69, 9.17) is 80.2 Å². The second-order valence-corrected chi connectivity index (χ2v) is 33.9. The predicted octanol–water partition coefficient (Wildman–Crippen LogP) is 15.4. The number of nitrogen functional groups attached to an aromatic ring is 1. The lowest BCUT2D eigenvalue weighted by molar-refractivity contribution is -0.0310. The molecule has 2 unspecified atom stereocenters. The molecule has 6 aliphatic heterocycles. The van der Waals surface area contributed by atoms with Crippen LogP contribution in [0.1, 0.15) is 115 Å². The third kappa shape index (κ3) is 19.6. The van der Waals surface area contributed by atoms with Gasteiger partial charge in [0.1, 0.15) is 86.7 Å². The number of nitrogens with one attached hydrogen (secondary N) is 3. The zero-order valence-corrected chi connectivity index (χ0v) is 77.7. The smallest absolute Gasteiger partial charge is 0.166 e. The first-order valence-corrected chi connectivity index (χ1v) is 44.4. The Kier molecular flexibility index (Phi) is 27.1. The average Bonchev–Trinajstić information content (AvgIpc) is 1.61. The van der Waals surface area contributed by atoms with Crippen molar-refractivity contribution in [2.45, 2.75) is 130 Å². The van der Waals surface area contributed by atoms with Crippen LogP contribution in [-0.2, 0) is 64.1 Å². The van der Waals surface area contributed by atoms with Crippen LogP contribution in [0.3, 0.4) is 0 Å². The van der Waals surface area contributed by atoms with E-state index in [1.807, 2.05) is 149 Å². The number of aromatic nitrogens is 19. The first-order chi connectivity index (χ1) is 64.3. The summed E-state index contributed by atoms with van der Waals surface area (Å²) in [7, 11) is 15.5. The third-order valence-corrected chi connectivity index (χ3v) is 24.3. The van der Waals surface area contributed by atoms with Gasteiger partial charge < -0.3 is 74.3 Å². The lowest BCUT2D eigenvalue weighted by Crippen LogP contribution is -2.52. The number of pyridine rings is 6. The van der Waals surface area contributed by atoms with Crippen molar-refractivity contribution >= 4 is 102 Å². The van der Waals surface area contributed by atoms with E-state index >= 15 is 4.39 Å². The lowest BCUT2D eigenvalue weighted by Gasteiger charge is -2.39. The fourth-order valence-electron chi connectivity index (χ4n) is 17.4. The number of nitrogens with two attached hydrogens (primary N) is 1. The number of aliphatic imine (C=N–C) groups is 1. The summed E-state index contributed by atoms with van der Waals surface area (Å²) >= 11 is 6.43. The van der Waals surface area contributed by atoms with Gasteiger partial charge in [-0.3, -0.25) is 29.1 Å². The van der Waals surface area contributed by atoms with Gasteiger partial charge in [-0.15, -0.1) is 0 Å². The van der Waals surface area contributed by atoms with Crippen LogP contribution in [0.4, 0.5) is 75.9 Å². The fourth-order valence-corrected chi connectivity index (χ4v) is 17.6. The molecule has 0 radical (unpaired) electrons. The minimum absolute atomic E-state index is 0.0776. The van der Waals surface area contributed by atoms with Crippen LogP contribution < -0.4 is 50.6 Å². The Balaban J connectivity index is 0.000000131. The highest BCUT2D eigenvalue weighted by Gasteiger charge is 2.34. The summed E-state index contributed by atoms with van der Waals surface area (Å²) in [6, 6.07) is 27.5. The molecule has 5 fully saturated rings. The van der Waals surface area contributed by atoms with Crippen LogP contribution in [0.25, 0.3) is 56.5 Å². The highest BCUT2D eigenvalue weighted by Crippen LogP contribution is 2.45. The quantitative estimate of drug-likeness (QED) is 0.0408. The van der Waals surface area contributed by atoms with E-state index in [1.165, 1.54) is 24.4 Å². The molecule has 20 rings (SSSR count). The van der Waals surface area contributed by atoms with Gasteiger partial charge in [-0.25, -0.2) is 67.1 Å². The SMILES string of the molecule is COC1CN(c2cnc(N)cc2F)C1.COc1c(Nc2cc(Cc3cc(F)c(N4CC(OC)C4)cn3)nc3c2N=C(C)C3)cccc1-c1nc(C)nn1C.COc1c(Nc2cc(Cc3cc(F)c(N4CC(OC)C4)cn3)nc3c2nc(C)n3C2CCCCO2)cccc1-c1nc(C)nn1C.COc1cc(-c2nc(C)nn2C)ccc1Nc1cc(Cl)nc2c1nc(C)n2C1CCCCO1. The van der Waals surface area contributed by atoms with Gasteiger partial charge >= 0.3 is 0 Å². The summed E-state index contributed by atoms with van der Waals surface area (Å²) in [5.41, 5.74) is 22.1. The molecule has 35 nitrogen and oxygen atoms in total. The van der Waals surface area contributed by atoms with Gasteiger partial charge in [0.15, 0.2) is 46.1 Å². The van der Waals surface area contributed by atoms with Crippen molar-refractivity contribution in [1.82, 2.24) is 93.3 Å². The molecule has 0 bridgehead atoms. The van der Waals surface area contributed by atoms with Crippen molar-refractivity contribution in [3.8, 4) is 51.4 Å². The second-order valence-electron chi connectivity index (χ2n) is 33.5. The molecule has 3 aromatic carbocycles. The Morgan fingerprint density at radius 3 is 1.36 bits per heavy atom. The maximum Gasteiger partial charge on any atom is 0.166 e. The largest absolute Gasteiger partial charge is 0.495 e. The number of ether oxygens (including phenoxy) is 8. The van der Waals surface area contributed by atoms with Gasteiger partial charge in [-0.1, -0.05) is 23.7 Å². The van der Waals surface area contributed by atoms with Crippen LogP contribution in [0.15, 0.2) is 115 Å². The second kappa shape index (κ2) is 39.5. The number of aryl methyl sites for hydroxylation is 8. The number of nitrogens with zero attached hydrogens (tertiary/aromatic N) is 23. The predicted molar refractivity (Wildman–Crippen MR) is 503 cm³/mol. The minimum atomic E-state index is -0.327. The number of anilines is 10. The number of benzene rings is 3. The van der Waals surface area contributed by atoms with Gasteiger partial charge in [0.25, 0.3) is 0 Å². The molecule has 5 saturated heterocycles. The van der Waals surface area contributed by atoms with E-state index in [2.05, 4.69) is 70.7 Å². The zero-order valence-electron chi connectivity index (χ0n) is 76.9. The molecule has 0 saturated carbocycles. The Hall–Kier alpha value is -13.5. The molecular weight excluding hydrogens is 1730 g/mol. The lowest BCUT2D eigenvalue weighted by atomic mass is 10.1. The van der Waals surface area contributed by atoms with Gasteiger partial charge in [0.2, 0.25) is 0 Å². The molecule has 0 spiro atoms. The van der Waals surface area contributed by atoms with Crippen LogP contribution in [0.2, 0.25) is 5.15 Å². The Morgan fingerprint density at radius 2 is 0.910 bits per heavy atom. The highest BCUT2D eigenvalue weighted by molar-refractivity contribution is 6.30. The molecule has 11 aromatic heterocycles. The van der Waals surface area contributed by atoms with Crippen molar-refractivity contribution in [2.75, 3.05) is 132 Å². The molecule has 14 aromatic rings. The van der Waals surface area contributed by atoms with E-state index in [-0.39, 0.29) is 54.0 Å². The number of hydrogen-bond donors (Lipinski definition) is 4. The molecule has 0 amide bonds. The number of fused-ring (bicyclic) bond motifs is 3. The summed E-state index contributed by atoms with van der Waals surface area (Å²) in [6.45, 7) is 17.0. The standard InChI is InChI=1S/C33H38FN9O3.C29H31FN8O2.C23H26ClN7O2.C9H12FN3O/c1-19-36-32(41(3)40-19)24-9-8-10-26(31(24)45-5)39-27-15-22(13-21-14-25(34)28(16-35-21)42-17-23(18-42)44-4)38-33-30(27)37-20(2)43(33)29-11-6-7-12-46-29;1-16-9-24-27(32-16)25(35-23-8-6-7-21(28(23)40-5)29-33-17(2)36-37(29)3)12-19(34-24)10-18-11-22(30)26(13-31-18)38-14-20(15-38)39-4;1-13-25-22(30(3)29-13)15-8-9-16(18(11-15)32-4)27-17-12-19(24)28-23-21(17)26-14(2)31(23)20-7-5-6-10-33-20;1-14-6-4-13(5-6)8-3-12-9(11)2-7(8)10/h8-10,14-16,23,29H,6-7,11-13,17-18H2,1-5H3,(H,38,39);6-8,11-13,20H,9-10,14-15H2,1-5H3,(H,34,35);8-9,11-12,20H,5-7,10H2,1-4H3,(H,27,28);2-3,6H,4-5H2,1H3,(H2,11,12). The highest BCUT2D eigenvalue weighted by atomic mass is 35.5. The van der Waals surface area contributed by atoms with Crippen molar-refractivity contribution in [2.24, 2.45) is 26.1 Å². The number of methoxy groups -OCH3 is 6. The summed E-state index contributed by atoms with van der Waals surface area (Å²) in [4.78, 5) is 61.5. The minimum Gasteiger partial charge on any atom is -0.495 e. The van der Waals surface area contributed by atoms with Crippen molar-refractivity contribution in [3.05, 3.63) is 190 Å². The topological polar surface area (TPSA) is 363 Å². The van der Waals surface area contributed by atoms with Crippen LogP contribution in [0.5, 0.6) is 17.2 Å². The van der Waals surface area contributed by atoms with E-state index in [1.54, 1.807) is 75.2 Å². The van der Waals surface area contributed by atoms with E-state index in [9.17, 15) is 8.78 Å². The van der Waals surface area contributed by atoms with Gasteiger partial charge in [-0.05, 0) is 147 Å². The molecule has 694 valence electrons. The fraction of sp³-hybridized carbons (Fsp3) is 0.394. The van der Waals surface area contributed by atoms with Crippen molar-refractivity contribution in [1.29, 1.82) is 0 Å². The summed E-state index contributed by atoms with van der Waals surface area (Å²) in [5, 5.41) is 24.1. The van der Waals surface area contributed by atoms with E-state index < -0.39 is 0 Å². The first kappa shape index (κ1) is 91.4. The van der Waals surface area contributed by atoms with Crippen molar-refractivity contribution in [3.63, 3.8) is 0 Å². The van der Waals surface area contributed by atoms with Crippen molar-refractivity contribution < 1.29 is 51.1 Å². The number of para-hydroxylation sites is 2. The first-order valence-electron chi connectivity index (χ1n) is 44.0. The monoisotopic (exact) mass is 1830 g/mol. The number of hydrogen-bond acceptors (Lipinski definition) is 30. The van der Waals surface area contributed by atoms with E-state index in [0.717, 1.165) is 148 Å². The number of halogens is 4. The molecule has 6 aliphatic rings. The van der Waals surface area contributed by atoms with Crippen LogP contribution in [0, 0.1) is 52.1 Å². The molecule has 5 N–H and O–H groups in total. The normalized spacial score (nSPS) is 16.1.